The van der Waals surface area contributed by atoms with E-state index in [0.717, 1.165) is 29.9 Å². The minimum absolute atomic E-state index is 0.0248. The molecular weight excluding hydrogens is 241 g/mol. The van der Waals surface area contributed by atoms with E-state index in [-0.39, 0.29) is 11.9 Å². The number of nitrogens with zero attached hydrogens (tertiary/aromatic N) is 2. The molecule has 102 valence electrons. The van der Waals surface area contributed by atoms with Crippen LogP contribution in [0.5, 0.6) is 0 Å². The van der Waals surface area contributed by atoms with Crippen molar-refractivity contribution in [2.45, 2.75) is 39.3 Å². The zero-order chi connectivity index (χ0) is 13.8. The molecule has 4 heteroatoms. The average Bonchev–Trinajstić information content (AvgIpc) is 2.69. The summed E-state index contributed by atoms with van der Waals surface area (Å²) in [4.78, 5) is 0. The number of rotatable bonds is 5. The lowest BCUT2D eigenvalue weighted by atomic mass is 10.0. The summed E-state index contributed by atoms with van der Waals surface area (Å²) in [5.74, 6) is -0.209. The molecule has 0 amide bonds. The minimum atomic E-state index is -0.209. The van der Waals surface area contributed by atoms with Gasteiger partial charge in [0.05, 0.1) is 5.69 Å². The van der Waals surface area contributed by atoms with Crippen LogP contribution < -0.4 is 5.73 Å². The molecule has 0 aliphatic rings. The predicted molar refractivity (Wildman–Crippen MR) is 74.4 cm³/mol. The van der Waals surface area contributed by atoms with Crippen molar-refractivity contribution in [3.05, 3.63) is 53.1 Å². The van der Waals surface area contributed by atoms with Gasteiger partial charge < -0.3 is 5.73 Å². The van der Waals surface area contributed by atoms with E-state index in [4.69, 9.17) is 5.73 Å². The van der Waals surface area contributed by atoms with Crippen LogP contribution in [0.1, 0.15) is 23.9 Å². The highest BCUT2D eigenvalue weighted by atomic mass is 19.1. The first-order valence-corrected chi connectivity index (χ1v) is 6.62. The highest BCUT2D eigenvalue weighted by Gasteiger charge is 2.10. The molecule has 1 aromatic heterocycles. The number of nitrogens with two attached hydrogens (primary N) is 1. The summed E-state index contributed by atoms with van der Waals surface area (Å²) in [6.45, 7) is 4.89. The molecule has 0 aliphatic carbocycles. The first-order valence-electron chi connectivity index (χ1n) is 6.62. The quantitative estimate of drug-likeness (QED) is 0.898. The predicted octanol–water partition coefficient (Wildman–Crippen LogP) is 2.46. The first-order chi connectivity index (χ1) is 9.08. The van der Waals surface area contributed by atoms with Gasteiger partial charge in [-0.25, -0.2) is 4.39 Å². The number of hydrogen-bond donors (Lipinski definition) is 1. The van der Waals surface area contributed by atoms with Gasteiger partial charge in [-0.15, -0.1) is 0 Å². The van der Waals surface area contributed by atoms with Crippen molar-refractivity contribution in [3.8, 4) is 0 Å². The van der Waals surface area contributed by atoms with Gasteiger partial charge in [-0.2, -0.15) is 5.10 Å². The third-order valence-electron chi connectivity index (χ3n) is 3.14. The van der Waals surface area contributed by atoms with Crippen LogP contribution in [0.25, 0.3) is 0 Å². The highest BCUT2D eigenvalue weighted by molar-refractivity contribution is 5.18. The number of aryl methyl sites for hydroxylation is 2. The first kappa shape index (κ1) is 13.7. The summed E-state index contributed by atoms with van der Waals surface area (Å²) in [5.41, 5.74) is 9.25. The zero-order valence-electron chi connectivity index (χ0n) is 11.4. The van der Waals surface area contributed by atoms with Crippen molar-refractivity contribution in [1.82, 2.24) is 9.78 Å². The second-order valence-corrected chi connectivity index (χ2v) is 4.89. The van der Waals surface area contributed by atoms with Crippen LogP contribution in [0.15, 0.2) is 30.3 Å². The van der Waals surface area contributed by atoms with Gasteiger partial charge in [-0.3, -0.25) is 4.68 Å². The molecule has 1 atom stereocenters. The fourth-order valence-corrected chi connectivity index (χ4v) is 2.34. The molecule has 0 aliphatic heterocycles. The van der Waals surface area contributed by atoms with Crippen LogP contribution >= 0.6 is 0 Å². The molecule has 2 N–H and O–H groups in total. The van der Waals surface area contributed by atoms with Crippen molar-refractivity contribution in [2.24, 2.45) is 5.73 Å². The van der Waals surface area contributed by atoms with E-state index in [2.05, 4.69) is 18.1 Å². The molecule has 0 bridgehead atoms. The van der Waals surface area contributed by atoms with Gasteiger partial charge in [0, 0.05) is 24.7 Å². The largest absolute Gasteiger partial charge is 0.327 e. The Bertz CT molecular complexity index is 548. The molecule has 2 aromatic rings. The summed E-state index contributed by atoms with van der Waals surface area (Å²) in [6, 6.07) is 8.66. The molecule has 0 saturated heterocycles. The van der Waals surface area contributed by atoms with Crippen LogP contribution in [-0.4, -0.2) is 15.8 Å². The monoisotopic (exact) mass is 261 g/mol. The van der Waals surface area contributed by atoms with Crippen molar-refractivity contribution >= 4 is 0 Å². The Morgan fingerprint density at radius 3 is 2.79 bits per heavy atom. The summed E-state index contributed by atoms with van der Waals surface area (Å²) < 4.78 is 15.1. The topological polar surface area (TPSA) is 43.8 Å². The number of aromatic nitrogens is 2. The zero-order valence-corrected chi connectivity index (χ0v) is 11.4. The third kappa shape index (κ3) is 3.64. The van der Waals surface area contributed by atoms with Crippen molar-refractivity contribution < 1.29 is 4.39 Å². The molecule has 1 heterocycles. The van der Waals surface area contributed by atoms with E-state index in [0.29, 0.717) is 6.42 Å². The molecule has 1 unspecified atom stereocenters. The minimum Gasteiger partial charge on any atom is -0.327 e. The summed E-state index contributed by atoms with van der Waals surface area (Å²) in [7, 11) is 0. The Morgan fingerprint density at radius 2 is 2.11 bits per heavy atom. The van der Waals surface area contributed by atoms with Crippen LogP contribution in [0, 0.1) is 12.7 Å². The summed E-state index contributed by atoms with van der Waals surface area (Å²) in [5, 5.41) is 4.40. The average molecular weight is 261 g/mol. The lowest BCUT2D eigenvalue weighted by Gasteiger charge is -2.12. The Labute approximate surface area is 113 Å². The van der Waals surface area contributed by atoms with Gasteiger partial charge >= 0.3 is 0 Å². The highest BCUT2D eigenvalue weighted by Crippen LogP contribution is 2.11. The normalized spacial score (nSPS) is 12.6. The Morgan fingerprint density at radius 1 is 1.32 bits per heavy atom. The molecule has 3 nitrogen and oxygen atoms in total. The lowest BCUT2D eigenvalue weighted by Crippen LogP contribution is -2.26. The van der Waals surface area contributed by atoms with Gasteiger partial charge in [0.1, 0.15) is 5.82 Å². The van der Waals surface area contributed by atoms with Gasteiger partial charge in [-0.1, -0.05) is 12.1 Å². The fourth-order valence-electron chi connectivity index (χ4n) is 2.34. The molecule has 0 fully saturated rings. The van der Waals surface area contributed by atoms with Crippen LogP contribution in [0.2, 0.25) is 0 Å². The second-order valence-electron chi connectivity index (χ2n) is 4.89. The molecule has 1 aromatic carbocycles. The van der Waals surface area contributed by atoms with E-state index in [9.17, 15) is 4.39 Å². The van der Waals surface area contributed by atoms with E-state index in [1.807, 2.05) is 17.7 Å². The van der Waals surface area contributed by atoms with E-state index in [1.54, 1.807) is 12.1 Å². The standard InChI is InChI=1S/C15H20FN3/c1-3-19-15(7-11(2)18-19)10-14(17)9-12-5-4-6-13(16)8-12/h4-8,14H,3,9-10,17H2,1-2H3. The van der Waals surface area contributed by atoms with Crippen molar-refractivity contribution in [1.29, 1.82) is 0 Å². The SMILES string of the molecule is CCn1nc(C)cc1CC(N)Cc1cccc(F)c1. The third-order valence-corrected chi connectivity index (χ3v) is 3.14. The number of benzene rings is 1. The van der Waals surface area contributed by atoms with Crippen LogP contribution in [-0.2, 0) is 19.4 Å². The number of halogens is 1. The van der Waals surface area contributed by atoms with Gasteiger partial charge in [0.2, 0.25) is 0 Å². The molecule has 0 radical (unpaired) electrons. The van der Waals surface area contributed by atoms with Gasteiger partial charge in [-0.05, 0) is 44.0 Å². The molecule has 0 saturated carbocycles. The Kier molecular flexibility index (Phi) is 4.32. The smallest absolute Gasteiger partial charge is 0.123 e. The fraction of sp³-hybridized carbons (Fsp3) is 0.400. The van der Waals surface area contributed by atoms with E-state index < -0.39 is 0 Å². The molecule has 0 spiro atoms. The van der Waals surface area contributed by atoms with E-state index in [1.165, 1.54) is 6.07 Å². The van der Waals surface area contributed by atoms with E-state index >= 15 is 0 Å². The Hall–Kier alpha value is -1.68. The van der Waals surface area contributed by atoms with Crippen LogP contribution in [0.3, 0.4) is 0 Å². The van der Waals surface area contributed by atoms with Gasteiger partial charge in [0.25, 0.3) is 0 Å². The number of hydrogen-bond acceptors (Lipinski definition) is 2. The lowest BCUT2D eigenvalue weighted by molar-refractivity contribution is 0.572. The molecule has 2 rings (SSSR count). The maximum Gasteiger partial charge on any atom is 0.123 e. The maximum atomic E-state index is 13.1. The molecular formula is C15H20FN3. The van der Waals surface area contributed by atoms with Gasteiger partial charge in [0.15, 0.2) is 0 Å². The summed E-state index contributed by atoms with van der Waals surface area (Å²) in [6.07, 6.45) is 1.43. The second kappa shape index (κ2) is 5.97. The van der Waals surface area contributed by atoms with Crippen LogP contribution in [0.4, 0.5) is 4.39 Å². The Balaban J connectivity index is 2.02. The summed E-state index contributed by atoms with van der Waals surface area (Å²) >= 11 is 0. The van der Waals surface area contributed by atoms with Crippen molar-refractivity contribution in [3.63, 3.8) is 0 Å². The van der Waals surface area contributed by atoms with Crippen molar-refractivity contribution in [2.75, 3.05) is 0 Å². The maximum absolute atomic E-state index is 13.1. The molecule has 19 heavy (non-hydrogen) atoms.